The van der Waals surface area contributed by atoms with Gasteiger partial charge in [0.15, 0.2) is 0 Å². The zero-order valence-corrected chi connectivity index (χ0v) is 6.20. The Hall–Kier alpha value is -1.65. The maximum absolute atomic E-state index is 8.78. The highest BCUT2D eigenvalue weighted by Gasteiger charge is 2.08. The largest absolute Gasteiger partial charge is 0.396 e. The van der Waals surface area contributed by atoms with Crippen molar-refractivity contribution < 1.29 is 5.11 Å². The molecule has 0 amide bonds. The Morgan fingerprint density at radius 1 is 1.67 bits per heavy atom. The summed E-state index contributed by atoms with van der Waals surface area (Å²) in [6, 6.07) is -0.635. The minimum Gasteiger partial charge on any atom is -0.396 e. The fraction of sp³-hybridized carbons (Fsp3) is 0.333. The molecule has 1 aromatic heterocycles. The topological polar surface area (TPSA) is 94.8 Å². The third kappa shape index (κ3) is 1.91. The summed E-state index contributed by atoms with van der Waals surface area (Å²) in [4.78, 5) is 10.2. The van der Waals surface area contributed by atoms with Crippen LogP contribution in [0, 0.1) is 0 Å². The first-order chi connectivity index (χ1) is 5.88. The summed E-state index contributed by atoms with van der Waals surface area (Å²) in [5.74, 6) is 0. The van der Waals surface area contributed by atoms with Crippen LogP contribution in [-0.4, -0.2) is 21.7 Å². The lowest BCUT2D eigenvalue weighted by molar-refractivity contribution is 0.265. The van der Waals surface area contributed by atoms with Gasteiger partial charge >= 0.3 is 0 Å². The van der Waals surface area contributed by atoms with Gasteiger partial charge < -0.3 is 5.11 Å². The molecule has 1 unspecified atom stereocenters. The molecule has 1 rings (SSSR count). The average Bonchev–Trinajstić information content (AvgIpc) is 2.15. The van der Waals surface area contributed by atoms with E-state index in [0.717, 1.165) is 0 Å². The van der Waals surface area contributed by atoms with Crippen molar-refractivity contribution in [1.82, 2.24) is 9.97 Å². The predicted octanol–water partition coefficient (Wildman–Crippen LogP) is 0.820. The summed E-state index contributed by atoms with van der Waals surface area (Å²) < 4.78 is 0. The van der Waals surface area contributed by atoms with Crippen LogP contribution in [0.15, 0.2) is 23.7 Å². The summed E-state index contributed by atoms with van der Waals surface area (Å²) in [6.07, 6.45) is 4.44. The van der Waals surface area contributed by atoms with Crippen molar-refractivity contribution in [2.24, 2.45) is 5.11 Å². The first kappa shape index (κ1) is 8.45. The SMILES string of the molecule is [N-]=[N+]=NC(CO)c1cnccn1. The van der Waals surface area contributed by atoms with Crippen LogP contribution in [-0.2, 0) is 0 Å². The van der Waals surface area contributed by atoms with E-state index in [9.17, 15) is 0 Å². The highest BCUT2D eigenvalue weighted by atomic mass is 16.3. The Bertz CT molecular complexity index is 281. The number of hydrogen-bond donors (Lipinski definition) is 1. The molecule has 1 atom stereocenters. The Balaban J connectivity index is 2.87. The van der Waals surface area contributed by atoms with Crippen molar-refractivity contribution in [3.8, 4) is 0 Å². The van der Waals surface area contributed by atoms with Crippen LogP contribution in [0.1, 0.15) is 11.7 Å². The van der Waals surface area contributed by atoms with Gasteiger partial charge in [0, 0.05) is 23.5 Å². The van der Waals surface area contributed by atoms with E-state index in [2.05, 4.69) is 20.0 Å². The molecule has 12 heavy (non-hydrogen) atoms. The summed E-state index contributed by atoms with van der Waals surface area (Å²) >= 11 is 0. The van der Waals surface area contributed by atoms with E-state index in [4.69, 9.17) is 10.6 Å². The number of aromatic nitrogens is 2. The summed E-state index contributed by atoms with van der Waals surface area (Å²) in [7, 11) is 0. The molecule has 0 saturated carbocycles. The van der Waals surface area contributed by atoms with Crippen LogP contribution in [0.4, 0.5) is 0 Å². The van der Waals surface area contributed by atoms with Crippen molar-refractivity contribution in [2.75, 3.05) is 6.61 Å². The van der Waals surface area contributed by atoms with Crippen LogP contribution >= 0.6 is 0 Å². The minimum absolute atomic E-state index is 0.261. The van der Waals surface area contributed by atoms with Crippen molar-refractivity contribution in [1.29, 1.82) is 0 Å². The quantitative estimate of drug-likeness (QED) is 0.408. The molecule has 0 aliphatic heterocycles. The molecule has 0 aliphatic carbocycles. The molecule has 6 heteroatoms. The molecular formula is C6H7N5O. The second-order valence-electron chi connectivity index (χ2n) is 2.03. The molecule has 1 aromatic rings. The number of azide groups is 1. The molecule has 62 valence electrons. The number of nitrogens with zero attached hydrogens (tertiary/aromatic N) is 5. The highest BCUT2D eigenvalue weighted by molar-refractivity contribution is 5.02. The first-order valence-corrected chi connectivity index (χ1v) is 3.29. The summed E-state index contributed by atoms with van der Waals surface area (Å²) in [6.45, 7) is -0.261. The lowest BCUT2D eigenvalue weighted by atomic mass is 10.2. The minimum atomic E-state index is -0.635. The van der Waals surface area contributed by atoms with Gasteiger partial charge in [-0.1, -0.05) is 5.11 Å². The molecule has 1 N–H and O–H groups in total. The predicted molar refractivity (Wildman–Crippen MR) is 41.0 cm³/mol. The average molecular weight is 165 g/mol. The smallest absolute Gasteiger partial charge is 0.104 e. The molecule has 0 aromatic carbocycles. The van der Waals surface area contributed by atoms with Gasteiger partial charge in [0.25, 0.3) is 0 Å². The van der Waals surface area contributed by atoms with Crippen molar-refractivity contribution in [2.45, 2.75) is 6.04 Å². The third-order valence-electron chi connectivity index (χ3n) is 1.29. The van der Waals surface area contributed by atoms with Crippen LogP contribution in [0.2, 0.25) is 0 Å². The normalized spacial score (nSPS) is 11.8. The third-order valence-corrected chi connectivity index (χ3v) is 1.29. The molecule has 0 saturated heterocycles. The van der Waals surface area contributed by atoms with Gasteiger partial charge in [0.1, 0.15) is 6.04 Å². The Morgan fingerprint density at radius 2 is 2.50 bits per heavy atom. The zero-order valence-electron chi connectivity index (χ0n) is 6.20. The Labute approximate surface area is 68.5 Å². The van der Waals surface area contributed by atoms with Gasteiger partial charge in [-0.15, -0.1) is 0 Å². The maximum atomic E-state index is 8.78. The van der Waals surface area contributed by atoms with Gasteiger partial charge in [0.2, 0.25) is 0 Å². The van der Waals surface area contributed by atoms with Crippen molar-refractivity contribution in [3.63, 3.8) is 0 Å². The van der Waals surface area contributed by atoms with Crippen LogP contribution in [0.5, 0.6) is 0 Å². The summed E-state index contributed by atoms with van der Waals surface area (Å²) in [5.41, 5.74) is 8.60. The van der Waals surface area contributed by atoms with Gasteiger partial charge in [-0.2, -0.15) is 0 Å². The second kappa shape index (κ2) is 4.27. The maximum Gasteiger partial charge on any atom is 0.104 e. The highest BCUT2D eigenvalue weighted by Crippen LogP contribution is 2.11. The van der Waals surface area contributed by atoms with Gasteiger partial charge in [-0.25, -0.2) is 0 Å². The molecule has 1 heterocycles. The van der Waals surface area contributed by atoms with Crippen LogP contribution < -0.4 is 0 Å². The lowest BCUT2D eigenvalue weighted by Crippen LogP contribution is -2.02. The fourth-order valence-corrected chi connectivity index (χ4v) is 0.734. The van der Waals surface area contributed by atoms with Gasteiger partial charge in [0.05, 0.1) is 12.3 Å². The van der Waals surface area contributed by atoms with Crippen LogP contribution in [0.25, 0.3) is 10.4 Å². The van der Waals surface area contributed by atoms with E-state index in [1.807, 2.05) is 0 Å². The molecule has 0 bridgehead atoms. The fourth-order valence-electron chi connectivity index (χ4n) is 0.734. The Kier molecular flexibility index (Phi) is 3.01. The molecule has 6 nitrogen and oxygen atoms in total. The molecule has 0 fully saturated rings. The van der Waals surface area contributed by atoms with E-state index in [1.54, 1.807) is 0 Å². The van der Waals surface area contributed by atoms with E-state index in [-0.39, 0.29) is 6.61 Å². The van der Waals surface area contributed by atoms with E-state index in [1.165, 1.54) is 18.6 Å². The molecular weight excluding hydrogens is 158 g/mol. The van der Waals surface area contributed by atoms with E-state index >= 15 is 0 Å². The van der Waals surface area contributed by atoms with E-state index < -0.39 is 6.04 Å². The molecule has 0 radical (unpaired) electrons. The van der Waals surface area contributed by atoms with Crippen molar-refractivity contribution >= 4 is 0 Å². The van der Waals surface area contributed by atoms with Crippen molar-refractivity contribution in [3.05, 3.63) is 34.7 Å². The summed E-state index contributed by atoms with van der Waals surface area (Å²) in [5, 5.41) is 12.1. The zero-order chi connectivity index (χ0) is 8.81. The molecule has 0 spiro atoms. The number of hydrogen-bond acceptors (Lipinski definition) is 4. The molecule has 0 aliphatic rings. The van der Waals surface area contributed by atoms with Gasteiger partial charge in [-0.05, 0) is 5.53 Å². The number of aliphatic hydroxyl groups is 1. The first-order valence-electron chi connectivity index (χ1n) is 3.29. The van der Waals surface area contributed by atoms with E-state index in [0.29, 0.717) is 5.69 Å². The van der Waals surface area contributed by atoms with Gasteiger partial charge in [-0.3, -0.25) is 9.97 Å². The number of rotatable bonds is 3. The Morgan fingerprint density at radius 3 is 3.00 bits per heavy atom. The number of aliphatic hydroxyl groups excluding tert-OH is 1. The second-order valence-corrected chi connectivity index (χ2v) is 2.03. The lowest BCUT2D eigenvalue weighted by Gasteiger charge is -2.03. The van der Waals surface area contributed by atoms with Crippen LogP contribution in [0.3, 0.4) is 0 Å². The monoisotopic (exact) mass is 165 g/mol. The standard InChI is InChI=1S/C6H7N5O/c7-11-10-6(4-12)5-3-8-1-2-9-5/h1-3,6,12H,4H2.